The van der Waals surface area contributed by atoms with Gasteiger partial charge in [0.05, 0.1) is 12.6 Å². The monoisotopic (exact) mass is 190 g/mol. The van der Waals surface area contributed by atoms with Crippen LogP contribution in [0.2, 0.25) is 0 Å². The minimum atomic E-state index is -0.769. The van der Waals surface area contributed by atoms with Crippen LogP contribution < -0.4 is 5.32 Å². The van der Waals surface area contributed by atoms with Gasteiger partial charge >= 0.3 is 0 Å². The molecule has 1 N–H and O–H groups in total. The van der Waals surface area contributed by atoms with Gasteiger partial charge in [0.1, 0.15) is 5.41 Å². The standard InChI is InChI=1S/C11H14N2O/c1-3-4-5-13-10(14)11(8-12)6-9(2)7-11/h9H,5-7H2,1-2H3,(H,13,14). The molecule has 0 aromatic carbocycles. The molecule has 0 atom stereocenters. The summed E-state index contributed by atoms with van der Waals surface area (Å²) >= 11 is 0. The Morgan fingerprint density at radius 2 is 2.29 bits per heavy atom. The third-order valence-electron chi connectivity index (χ3n) is 2.56. The Bertz CT molecular complexity index is 323. The van der Waals surface area contributed by atoms with Crippen LogP contribution in [0.5, 0.6) is 0 Å². The van der Waals surface area contributed by atoms with Crippen LogP contribution in [0.3, 0.4) is 0 Å². The van der Waals surface area contributed by atoms with Gasteiger partial charge in [0.25, 0.3) is 0 Å². The van der Waals surface area contributed by atoms with Gasteiger partial charge in [-0.25, -0.2) is 0 Å². The Balaban J connectivity index is 2.50. The van der Waals surface area contributed by atoms with Crippen LogP contribution in [0.15, 0.2) is 0 Å². The first-order chi connectivity index (χ1) is 6.64. The average Bonchev–Trinajstić information content (AvgIpc) is 2.12. The van der Waals surface area contributed by atoms with E-state index in [2.05, 4.69) is 30.2 Å². The molecule has 3 nitrogen and oxygen atoms in total. The number of amides is 1. The molecule has 14 heavy (non-hydrogen) atoms. The molecule has 0 aliphatic heterocycles. The molecule has 0 bridgehead atoms. The van der Waals surface area contributed by atoms with E-state index in [1.165, 1.54) is 0 Å². The highest BCUT2D eigenvalue weighted by atomic mass is 16.2. The lowest BCUT2D eigenvalue weighted by Gasteiger charge is -2.38. The molecular formula is C11H14N2O. The van der Waals surface area contributed by atoms with Gasteiger partial charge in [-0.05, 0) is 25.7 Å². The summed E-state index contributed by atoms with van der Waals surface area (Å²) < 4.78 is 0. The van der Waals surface area contributed by atoms with Crippen molar-refractivity contribution < 1.29 is 4.79 Å². The highest BCUT2D eigenvalue weighted by Crippen LogP contribution is 2.44. The Morgan fingerprint density at radius 3 is 2.71 bits per heavy atom. The van der Waals surface area contributed by atoms with E-state index < -0.39 is 5.41 Å². The first-order valence-corrected chi connectivity index (χ1v) is 4.74. The highest BCUT2D eigenvalue weighted by molar-refractivity contribution is 5.86. The molecular weight excluding hydrogens is 176 g/mol. The minimum Gasteiger partial charge on any atom is -0.344 e. The third kappa shape index (κ3) is 1.88. The van der Waals surface area contributed by atoms with E-state index in [1.807, 2.05) is 0 Å². The van der Waals surface area contributed by atoms with Crippen LogP contribution in [-0.4, -0.2) is 12.5 Å². The maximum Gasteiger partial charge on any atom is 0.241 e. The van der Waals surface area contributed by atoms with Gasteiger partial charge in [-0.3, -0.25) is 4.79 Å². The van der Waals surface area contributed by atoms with Crippen molar-refractivity contribution in [3.63, 3.8) is 0 Å². The van der Waals surface area contributed by atoms with Crippen molar-refractivity contribution in [1.82, 2.24) is 5.32 Å². The van der Waals surface area contributed by atoms with Crippen LogP contribution in [-0.2, 0) is 4.79 Å². The van der Waals surface area contributed by atoms with E-state index in [0.29, 0.717) is 25.3 Å². The molecule has 1 aliphatic rings. The Hall–Kier alpha value is -1.48. The summed E-state index contributed by atoms with van der Waals surface area (Å²) in [5.41, 5.74) is -0.769. The van der Waals surface area contributed by atoms with Gasteiger partial charge in [0.2, 0.25) is 5.91 Å². The molecule has 0 unspecified atom stereocenters. The zero-order valence-corrected chi connectivity index (χ0v) is 8.55. The van der Waals surface area contributed by atoms with Crippen molar-refractivity contribution in [3.05, 3.63) is 0 Å². The van der Waals surface area contributed by atoms with Crippen molar-refractivity contribution in [2.45, 2.75) is 26.7 Å². The average molecular weight is 190 g/mol. The normalized spacial score (nSPS) is 29.1. The summed E-state index contributed by atoms with van der Waals surface area (Å²) in [7, 11) is 0. The van der Waals surface area contributed by atoms with Gasteiger partial charge in [0, 0.05) is 0 Å². The Labute approximate surface area is 84.5 Å². The smallest absolute Gasteiger partial charge is 0.241 e. The van der Waals surface area contributed by atoms with Crippen LogP contribution >= 0.6 is 0 Å². The predicted octanol–water partition coefficient (Wildman–Crippen LogP) is 1.07. The van der Waals surface area contributed by atoms with Crippen LogP contribution in [0.25, 0.3) is 0 Å². The third-order valence-corrected chi connectivity index (χ3v) is 2.56. The SMILES string of the molecule is CC#CCNC(=O)C1(C#N)CC(C)C1. The summed E-state index contributed by atoms with van der Waals surface area (Å²) in [5, 5.41) is 11.6. The van der Waals surface area contributed by atoms with Crippen molar-refractivity contribution in [1.29, 1.82) is 5.26 Å². The molecule has 0 saturated heterocycles. The topological polar surface area (TPSA) is 52.9 Å². The van der Waals surface area contributed by atoms with Crippen molar-refractivity contribution in [3.8, 4) is 17.9 Å². The number of nitrogens with one attached hydrogen (secondary N) is 1. The van der Waals surface area contributed by atoms with E-state index in [1.54, 1.807) is 6.92 Å². The molecule has 0 aromatic rings. The highest BCUT2D eigenvalue weighted by Gasteiger charge is 2.48. The molecule has 0 spiro atoms. The van der Waals surface area contributed by atoms with E-state index in [9.17, 15) is 4.79 Å². The van der Waals surface area contributed by atoms with E-state index in [-0.39, 0.29) is 5.91 Å². The maximum atomic E-state index is 11.6. The van der Waals surface area contributed by atoms with Gasteiger partial charge in [-0.1, -0.05) is 12.8 Å². The second-order valence-electron chi connectivity index (χ2n) is 3.82. The summed E-state index contributed by atoms with van der Waals surface area (Å²) in [6.07, 6.45) is 1.35. The fourth-order valence-corrected chi connectivity index (χ4v) is 1.84. The fraction of sp³-hybridized carbons (Fsp3) is 0.636. The lowest BCUT2D eigenvalue weighted by Crippen LogP contribution is -2.48. The first kappa shape index (κ1) is 10.6. The zero-order chi connectivity index (χ0) is 10.6. The molecule has 3 heteroatoms. The van der Waals surface area contributed by atoms with Crippen molar-refractivity contribution in [2.24, 2.45) is 11.3 Å². The van der Waals surface area contributed by atoms with Crippen LogP contribution in [0.4, 0.5) is 0 Å². The first-order valence-electron chi connectivity index (χ1n) is 4.74. The van der Waals surface area contributed by atoms with Gasteiger partial charge in [0.15, 0.2) is 0 Å². The molecule has 1 rings (SSSR count). The quantitative estimate of drug-likeness (QED) is 0.662. The summed E-state index contributed by atoms with van der Waals surface area (Å²) in [6.45, 7) is 4.11. The summed E-state index contributed by atoms with van der Waals surface area (Å²) in [4.78, 5) is 11.6. The van der Waals surface area contributed by atoms with E-state index >= 15 is 0 Å². The van der Waals surface area contributed by atoms with Crippen molar-refractivity contribution >= 4 is 5.91 Å². The summed E-state index contributed by atoms with van der Waals surface area (Å²) in [6, 6.07) is 2.11. The van der Waals surface area contributed by atoms with Crippen LogP contribution in [0, 0.1) is 34.5 Å². The van der Waals surface area contributed by atoms with Gasteiger partial charge in [-0.15, -0.1) is 5.92 Å². The Kier molecular flexibility index (Phi) is 3.14. The van der Waals surface area contributed by atoms with E-state index in [0.717, 1.165) is 0 Å². The number of nitrogens with zero attached hydrogens (tertiary/aromatic N) is 1. The zero-order valence-electron chi connectivity index (χ0n) is 8.55. The van der Waals surface area contributed by atoms with Gasteiger partial charge < -0.3 is 5.32 Å². The number of hydrogen-bond acceptors (Lipinski definition) is 2. The summed E-state index contributed by atoms with van der Waals surface area (Å²) in [5.74, 6) is 5.75. The van der Waals surface area contributed by atoms with Crippen molar-refractivity contribution in [2.75, 3.05) is 6.54 Å². The lowest BCUT2D eigenvalue weighted by molar-refractivity contribution is -0.133. The molecule has 1 amide bonds. The molecule has 0 heterocycles. The second-order valence-corrected chi connectivity index (χ2v) is 3.82. The molecule has 74 valence electrons. The molecule has 0 radical (unpaired) electrons. The molecule has 0 aromatic heterocycles. The number of carbonyl (C=O) groups is 1. The largest absolute Gasteiger partial charge is 0.344 e. The number of rotatable bonds is 2. The van der Waals surface area contributed by atoms with Crippen LogP contribution in [0.1, 0.15) is 26.7 Å². The molecule has 1 fully saturated rings. The lowest BCUT2D eigenvalue weighted by atomic mass is 9.63. The molecule has 1 aliphatic carbocycles. The van der Waals surface area contributed by atoms with E-state index in [4.69, 9.17) is 5.26 Å². The predicted molar refractivity (Wildman–Crippen MR) is 52.9 cm³/mol. The number of nitriles is 1. The number of carbonyl (C=O) groups excluding carboxylic acids is 1. The molecule has 1 saturated carbocycles. The van der Waals surface area contributed by atoms with Gasteiger partial charge in [-0.2, -0.15) is 5.26 Å². The Morgan fingerprint density at radius 1 is 1.64 bits per heavy atom. The second kappa shape index (κ2) is 4.15. The minimum absolute atomic E-state index is 0.166. The maximum absolute atomic E-state index is 11.6. The number of hydrogen-bond donors (Lipinski definition) is 1. The fourth-order valence-electron chi connectivity index (χ4n) is 1.84.